The highest BCUT2D eigenvalue weighted by Crippen LogP contribution is 2.48. The Morgan fingerprint density at radius 1 is 0.850 bits per heavy atom. The van der Waals surface area contributed by atoms with Gasteiger partial charge in [0.05, 0.1) is 0 Å². The SMILES string of the molecule is Cc1ccc([C@@H]2CC(=O)C[C@H](c3ccccc3)S2)cc1. The topological polar surface area (TPSA) is 17.1 Å². The molecule has 1 fully saturated rings. The molecular formula is C18H18OS. The van der Waals surface area contributed by atoms with E-state index in [2.05, 4.69) is 55.5 Å². The summed E-state index contributed by atoms with van der Waals surface area (Å²) in [6, 6.07) is 19.0. The molecule has 0 saturated carbocycles. The van der Waals surface area contributed by atoms with Crippen molar-refractivity contribution in [2.24, 2.45) is 0 Å². The van der Waals surface area contributed by atoms with Crippen molar-refractivity contribution in [1.29, 1.82) is 0 Å². The molecule has 102 valence electrons. The van der Waals surface area contributed by atoms with Crippen LogP contribution in [0.25, 0.3) is 0 Å². The Hall–Kier alpha value is -1.54. The third-order valence-corrected chi connectivity index (χ3v) is 5.31. The van der Waals surface area contributed by atoms with Gasteiger partial charge in [-0.3, -0.25) is 4.79 Å². The maximum atomic E-state index is 12.1. The van der Waals surface area contributed by atoms with Gasteiger partial charge in [0.25, 0.3) is 0 Å². The fraction of sp³-hybridized carbons (Fsp3) is 0.278. The van der Waals surface area contributed by atoms with Gasteiger partial charge in [0.1, 0.15) is 5.78 Å². The number of rotatable bonds is 2. The van der Waals surface area contributed by atoms with Crippen LogP contribution < -0.4 is 0 Å². The van der Waals surface area contributed by atoms with Crippen LogP contribution in [-0.2, 0) is 4.79 Å². The normalized spacial score (nSPS) is 22.8. The molecule has 1 saturated heterocycles. The zero-order valence-corrected chi connectivity index (χ0v) is 12.4. The van der Waals surface area contributed by atoms with E-state index in [1.807, 2.05) is 17.8 Å². The lowest BCUT2D eigenvalue weighted by atomic mass is 10.00. The summed E-state index contributed by atoms with van der Waals surface area (Å²) < 4.78 is 0. The van der Waals surface area contributed by atoms with Gasteiger partial charge in [0.15, 0.2) is 0 Å². The molecule has 3 rings (SSSR count). The van der Waals surface area contributed by atoms with Crippen molar-refractivity contribution in [3.63, 3.8) is 0 Å². The molecule has 2 heteroatoms. The van der Waals surface area contributed by atoms with Gasteiger partial charge in [-0.25, -0.2) is 0 Å². The number of benzene rings is 2. The molecule has 0 radical (unpaired) electrons. The first-order chi connectivity index (χ1) is 9.72. The smallest absolute Gasteiger partial charge is 0.135 e. The fourth-order valence-corrected chi connectivity index (χ4v) is 4.22. The molecule has 0 aromatic heterocycles. The zero-order valence-electron chi connectivity index (χ0n) is 11.6. The van der Waals surface area contributed by atoms with Crippen molar-refractivity contribution in [3.05, 3.63) is 71.3 Å². The monoisotopic (exact) mass is 282 g/mol. The lowest BCUT2D eigenvalue weighted by molar-refractivity contribution is -0.119. The summed E-state index contributed by atoms with van der Waals surface area (Å²) in [5.41, 5.74) is 3.80. The highest BCUT2D eigenvalue weighted by Gasteiger charge is 2.29. The number of aryl methyl sites for hydroxylation is 1. The molecule has 2 aromatic carbocycles. The number of hydrogen-bond acceptors (Lipinski definition) is 2. The Kier molecular flexibility index (Phi) is 3.93. The molecule has 1 heterocycles. The van der Waals surface area contributed by atoms with Crippen LogP contribution in [0.5, 0.6) is 0 Å². The Bertz CT molecular complexity index is 589. The fourth-order valence-electron chi connectivity index (χ4n) is 2.63. The minimum Gasteiger partial charge on any atom is -0.300 e. The molecule has 1 aliphatic heterocycles. The molecule has 20 heavy (non-hydrogen) atoms. The van der Waals surface area contributed by atoms with E-state index < -0.39 is 0 Å². The molecule has 1 nitrogen and oxygen atoms in total. The van der Waals surface area contributed by atoms with Gasteiger partial charge in [-0.2, -0.15) is 0 Å². The van der Waals surface area contributed by atoms with E-state index in [1.165, 1.54) is 16.7 Å². The molecule has 2 atom stereocenters. The number of thioether (sulfide) groups is 1. The summed E-state index contributed by atoms with van der Waals surface area (Å²) in [6.45, 7) is 2.09. The van der Waals surface area contributed by atoms with Crippen LogP contribution in [0.4, 0.5) is 0 Å². The van der Waals surface area contributed by atoms with Crippen LogP contribution in [0, 0.1) is 6.92 Å². The predicted molar refractivity (Wildman–Crippen MR) is 84.9 cm³/mol. The standard InChI is InChI=1S/C18H18OS/c1-13-7-9-15(10-8-13)18-12-16(19)11-17(20-18)14-5-3-2-4-6-14/h2-10,17-18H,11-12H2,1H3/t17-,18+/m1/s1. The molecule has 0 N–H and O–H groups in total. The van der Waals surface area contributed by atoms with Gasteiger partial charge in [-0.15, -0.1) is 11.8 Å². The quantitative estimate of drug-likeness (QED) is 0.781. The van der Waals surface area contributed by atoms with Gasteiger partial charge < -0.3 is 0 Å². The second-order valence-corrected chi connectivity index (χ2v) is 6.79. The highest BCUT2D eigenvalue weighted by molar-refractivity contribution is 7.99. The van der Waals surface area contributed by atoms with E-state index in [1.54, 1.807) is 0 Å². The van der Waals surface area contributed by atoms with E-state index in [0.717, 1.165) is 0 Å². The average molecular weight is 282 g/mol. The van der Waals surface area contributed by atoms with Crippen molar-refractivity contribution in [1.82, 2.24) is 0 Å². The largest absolute Gasteiger partial charge is 0.300 e. The van der Waals surface area contributed by atoms with E-state index in [0.29, 0.717) is 29.1 Å². The van der Waals surface area contributed by atoms with Gasteiger partial charge in [-0.1, -0.05) is 60.2 Å². The van der Waals surface area contributed by atoms with Crippen molar-refractivity contribution in [3.8, 4) is 0 Å². The van der Waals surface area contributed by atoms with Gasteiger partial charge in [0, 0.05) is 23.3 Å². The van der Waals surface area contributed by atoms with Crippen molar-refractivity contribution in [2.45, 2.75) is 30.3 Å². The number of hydrogen-bond donors (Lipinski definition) is 0. The van der Waals surface area contributed by atoms with Crippen LogP contribution in [0.3, 0.4) is 0 Å². The summed E-state index contributed by atoms with van der Waals surface area (Å²) in [5.74, 6) is 0.378. The predicted octanol–water partition coefficient (Wildman–Crippen LogP) is 4.87. The third kappa shape index (κ3) is 2.96. The molecule has 2 aromatic rings. The Balaban J connectivity index is 1.83. The molecule has 1 aliphatic rings. The Labute approximate surface area is 124 Å². The first kappa shape index (κ1) is 13.4. The van der Waals surface area contributed by atoms with Crippen molar-refractivity contribution >= 4 is 17.5 Å². The Morgan fingerprint density at radius 3 is 2.00 bits per heavy atom. The second kappa shape index (κ2) is 5.84. The molecule has 0 spiro atoms. The number of ketones is 1. The average Bonchev–Trinajstić information content (AvgIpc) is 2.48. The minimum atomic E-state index is 0.294. The third-order valence-electron chi connectivity index (χ3n) is 3.78. The number of carbonyl (C=O) groups excluding carboxylic acids is 1. The molecule has 0 amide bonds. The first-order valence-corrected chi connectivity index (χ1v) is 7.95. The van der Waals surface area contributed by atoms with E-state index in [-0.39, 0.29) is 0 Å². The lowest BCUT2D eigenvalue weighted by Crippen LogP contribution is -2.15. The lowest BCUT2D eigenvalue weighted by Gasteiger charge is -2.28. The summed E-state index contributed by atoms with van der Waals surface area (Å²) in [6.07, 6.45) is 1.33. The van der Waals surface area contributed by atoms with Crippen molar-refractivity contribution in [2.75, 3.05) is 0 Å². The number of Topliss-reactive ketones (excluding diaryl/α,β-unsaturated/α-hetero) is 1. The molecule has 0 unspecified atom stereocenters. The van der Waals surface area contributed by atoms with Crippen LogP contribution in [-0.4, -0.2) is 5.78 Å². The van der Waals surface area contributed by atoms with Crippen LogP contribution >= 0.6 is 11.8 Å². The molecular weight excluding hydrogens is 264 g/mol. The van der Waals surface area contributed by atoms with Crippen LogP contribution in [0.2, 0.25) is 0 Å². The maximum absolute atomic E-state index is 12.1. The van der Waals surface area contributed by atoms with E-state index >= 15 is 0 Å². The Morgan fingerprint density at radius 2 is 1.40 bits per heavy atom. The molecule has 0 bridgehead atoms. The minimum absolute atomic E-state index is 0.294. The van der Waals surface area contributed by atoms with Gasteiger partial charge >= 0.3 is 0 Å². The highest BCUT2D eigenvalue weighted by atomic mass is 32.2. The van der Waals surface area contributed by atoms with Gasteiger partial charge in [-0.05, 0) is 18.1 Å². The summed E-state index contributed by atoms with van der Waals surface area (Å²) >= 11 is 1.93. The van der Waals surface area contributed by atoms with Gasteiger partial charge in [0.2, 0.25) is 0 Å². The summed E-state index contributed by atoms with van der Waals surface area (Å²) in [7, 11) is 0. The summed E-state index contributed by atoms with van der Waals surface area (Å²) in [5, 5.41) is 0.589. The first-order valence-electron chi connectivity index (χ1n) is 7.01. The van der Waals surface area contributed by atoms with Crippen LogP contribution in [0.15, 0.2) is 54.6 Å². The zero-order chi connectivity index (χ0) is 13.9. The summed E-state index contributed by atoms with van der Waals surface area (Å²) in [4.78, 5) is 12.1. The molecule has 0 aliphatic carbocycles. The van der Waals surface area contributed by atoms with Crippen molar-refractivity contribution < 1.29 is 4.79 Å². The van der Waals surface area contributed by atoms with E-state index in [4.69, 9.17) is 0 Å². The second-order valence-electron chi connectivity index (χ2n) is 5.38. The maximum Gasteiger partial charge on any atom is 0.135 e. The number of carbonyl (C=O) groups is 1. The van der Waals surface area contributed by atoms with Crippen LogP contribution in [0.1, 0.15) is 40.0 Å². The van der Waals surface area contributed by atoms with E-state index in [9.17, 15) is 4.79 Å².